The quantitative estimate of drug-likeness (QED) is 0.405. The van der Waals surface area contributed by atoms with Crippen LogP contribution in [0.15, 0.2) is 30.3 Å². The standard InChI is InChI=1S/C18H21Cl2NO3.C2H2O4/c1-22-16-10-18(24-3)17(23-2)8-13(16)11-21-7-6-12-4-5-14(19)9-15(12)20;3-1(4)2(5)6/h4-5,8-10,21H,6-7,11H2,1-3H3;(H,3,4)(H,5,6). The third-order valence-corrected chi connectivity index (χ3v) is 4.46. The minimum Gasteiger partial charge on any atom is -0.496 e. The molecule has 0 aliphatic carbocycles. The van der Waals surface area contributed by atoms with Gasteiger partial charge in [-0.25, -0.2) is 9.59 Å². The zero-order valence-electron chi connectivity index (χ0n) is 16.7. The van der Waals surface area contributed by atoms with Crippen molar-refractivity contribution in [1.82, 2.24) is 5.32 Å². The number of carboxylic acid groups (broad SMARTS) is 2. The molecule has 2 aromatic carbocycles. The SMILES string of the molecule is COc1cc(OC)c(OC)cc1CNCCc1ccc(Cl)cc1Cl.O=C(O)C(=O)O. The molecule has 8 nitrogen and oxygen atoms in total. The molecule has 0 aliphatic heterocycles. The number of carboxylic acids is 2. The average Bonchev–Trinajstić information content (AvgIpc) is 2.72. The molecule has 0 bridgehead atoms. The fraction of sp³-hybridized carbons (Fsp3) is 0.300. The van der Waals surface area contributed by atoms with E-state index >= 15 is 0 Å². The van der Waals surface area contributed by atoms with Gasteiger partial charge in [0, 0.05) is 28.2 Å². The number of halogens is 2. The summed E-state index contributed by atoms with van der Waals surface area (Å²) in [5.74, 6) is -1.57. The van der Waals surface area contributed by atoms with Gasteiger partial charge in [0.25, 0.3) is 0 Å². The van der Waals surface area contributed by atoms with Gasteiger partial charge in [0.05, 0.1) is 21.3 Å². The van der Waals surface area contributed by atoms with Gasteiger partial charge in [-0.3, -0.25) is 0 Å². The number of hydrogen-bond donors (Lipinski definition) is 3. The number of carbonyl (C=O) groups is 2. The highest BCUT2D eigenvalue weighted by Crippen LogP contribution is 2.34. The van der Waals surface area contributed by atoms with Gasteiger partial charge in [-0.05, 0) is 36.7 Å². The molecule has 2 aromatic rings. The van der Waals surface area contributed by atoms with E-state index in [1.807, 2.05) is 24.3 Å². The Morgan fingerprint density at radius 2 is 1.43 bits per heavy atom. The van der Waals surface area contributed by atoms with Crippen LogP contribution in [-0.4, -0.2) is 50.0 Å². The Morgan fingerprint density at radius 3 is 1.93 bits per heavy atom. The molecule has 10 heteroatoms. The van der Waals surface area contributed by atoms with E-state index in [9.17, 15) is 0 Å². The molecule has 2 rings (SSSR count). The topological polar surface area (TPSA) is 114 Å². The molecule has 3 N–H and O–H groups in total. The lowest BCUT2D eigenvalue weighted by atomic mass is 10.1. The molecule has 164 valence electrons. The first-order chi connectivity index (χ1) is 14.2. The van der Waals surface area contributed by atoms with Gasteiger partial charge >= 0.3 is 11.9 Å². The predicted octanol–water partition coefficient (Wildman–Crippen LogP) is 3.51. The van der Waals surface area contributed by atoms with Gasteiger partial charge in [-0.15, -0.1) is 0 Å². The van der Waals surface area contributed by atoms with Crippen molar-refractivity contribution >= 4 is 35.1 Å². The van der Waals surface area contributed by atoms with E-state index in [0.717, 1.165) is 29.8 Å². The maximum Gasteiger partial charge on any atom is 0.414 e. The number of aliphatic carboxylic acids is 2. The lowest BCUT2D eigenvalue weighted by Crippen LogP contribution is -2.17. The van der Waals surface area contributed by atoms with Crippen molar-refractivity contribution in [2.45, 2.75) is 13.0 Å². The van der Waals surface area contributed by atoms with Crippen LogP contribution in [0.5, 0.6) is 17.2 Å². The summed E-state index contributed by atoms with van der Waals surface area (Å²) >= 11 is 12.1. The first-order valence-corrected chi connectivity index (χ1v) is 9.38. The summed E-state index contributed by atoms with van der Waals surface area (Å²) in [4.78, 5) is 18.2. The molecule has 0 atom stereocenters. The Bertz CT molecular complexity index is 862. The van der Waals surface area contributed by atoms with E-state index in [-0.39, 0.29) is 0 Å². The van der Waals surface area contributed by atoms with Gasteiger partial charge in [0.15, 0.2) is 11.5 Å². The largest absolute Gasteiger partial charge is 0.496 e. The number of rotatable bonds is 8. The van der Waals surface area contributed by atoms with Crippen LogP contribution in [0.1, 0.15) is 11.1 Å². The molecule has 0 radical (unpaired) electrons. The van der Waals surface area contributed by atoms with Gasteiger partial charge in [-0.2, -0.15) is 0 Å². The highest BCUT2D eigenvalue weighted by molar-refractivity contribution is 6.35. The fourth-order valence-corrected chi connectivity index (χ4v) is 2.90. The first-order valence-electron chi connectivity index (χ1n) is 8.63. The Kier molecular flexibility index (Phi) is 10.8. The molecule has 0 saturated carbocycles. The lowest BCUT2D eigenvalue weighted by Gasteiger charge is -2.14. The summed E-state index contributed by atoms with van der Waals surface area (Å²) in [5, 5.41) is 19.5. The molecule has 0 heterocycles. The third kappa shape index (κ3) is 7.98. The Hall–Kier alpha value is -2.68. The minimum absolute atomic E-state index is 0.644. The normalized spacial score (nSPS) is 9.90. The zero-order valence-corrected chi connectivity index (χ0v) is 18.2. The molecule has 0 saturated heterocycles. The third-order valence-electron chi connectivity index (χ3n) is 3.87. The first kappa shape index (κ1) is 25.4. The maximum absolute atomic E-state index is 9.10. The molecular weight excluding hydrogens is 437 g/mol. The zero-order chi connectivity index (χ0) is 22.7. The van der Waals surface area contributed by atoms with E-state index in [0.29, 0.717) is 28.1 Å². The van der Waals surface area contributed by atoms with Gasteiger partial charge in [0.1, 0.15) is 5.75 Å². The molecule has 0 aromatic heterocycles. The van der Waals surface area contributed by atoms with Crippen molar-refractivity contribution in [3.05, 3.63) is 51.5 Å². The summed E-state index contributed by atoms with van der Waals surface area (Å²) in [6, 6.07) is 9.30. The van der Waals surface area contributed by atoms with Crippen LogP contribution in [0, 0.1) is 0 Å². The van der Waals surface area contributed by atoms with Gasteiger partial charge in [0.2, 0.25) is 0 Å². The van der Waals surface area contributed by atoms with E-state index in [1.54, 1.807) is 27.4 Å². The van der Waals surface area contributed by atoms with Crippen molar-refractivity contribution < 1.29 is 34.0 Å². The molecule has 0 aliphatic rings. The highest BCUT2D eigenvalue weighted by Gasteiger charge is 2.11. The Balaban J connectivity index is 0.000000656. The number of benzene rings is 2. The summed E-state index contributed by atoms with van der Waals surface area (Å²) in [5.41, 5.74) is 2.06. The van der Waals surface area contributed by atoms with Crippen LogP contribution >= 0.6 is 23.2 Å². The van der Waals surface area contributed by atoms with Crippen molar-refractivity contribution in [3.8, 4) is 17.2 Å². The van der Waals surface area contributed by atoms with Crippen molar-refractivity contribution in [1.29, 1.82) is 0 Å². The molecule has 0 unspecified atom stereocenters. The van der Waals surface area contributed by atoms with Crippen LogP contribution in [0.2, 0.25) is 10.0 Å². The summed E-state index contributed by atoms with van der Waals surface area (Å²) in [7, 11) is 4.85. The monoisotopic (exact) mass is 459 g/mol. The van der Waals surface area contributed by atoms with E-state index in [1.165, 1.54) is 0 Å². The summed E-state index contributed by atoms with van der Waals surface area (Å²) in [6.45, 7) is 1.42. The molecule has 30 heavy (non-hydrogen) atoms. The maximum atomic E-state index is 9.10. The van der Waals surface area contributed by atoms with Crippen LogP contribution in [-0.2, 0) is 22.6 Å². The molecule has 0 amide bonds. The molecule has 0 spiro atoms. The lowest BCUT2D eigenvalue weighted by molar-refractivity contribution is -0.159. The van der Waals surface area contributed by atoms with Crippen molar-refractivity contribution in [2.24, 2.45) is 0 Å². The second-order valence-electron chi connectivity index (χ2n) is 5.79. The number of ether oxygens (including phenoxy) is 3. The van der Waals surface area contributed by atoms with Crippen molar-refractivity contribution in [2.75, 3.05) is 27.9 Å². The average molecular weight is 460 g/mol. The van der Waals surface area contributed by atoms with Gasteiger partial charge in [-0.1, -0.05) is 29.3 Å². The number of methoxy groups -OCH3 is 3. The summed E-state index contributed by atoms with van der Waals surface area (Å²) < 4.78 is 16.1. The fourth-order valence-electron chi connectivity index (χ4n) is 2.40. The van der Waals surface area contributed by atoms with Gasteiger partial charge < -0.3 is 29.7 Å². The predicted molar refractivity (Wildman–Crippen MR) is 113 cm³/mol. The smallest absolute Gasteiger partial charge is 0.414 e. The summed E-state index contributed by atoms with van der Waals surface area (Å²) in [6.07, 6.45) is 0.811. The minimum atomic E-state index is -1.82. The number of hydrogen-bond acceptors (Lipinski definition) is 6. The van der Waals surface area contributed by atoms with E-state index in [4.69, 9.17) is 57.2 Å². The highest BCUT2D eigenvalue weighted by atomic mass is 35.5. The van der Waals surface area contributed by atoms with Crippen LogP contribution in [0.3, 0.4) is 0 Å². The van der Waals surface area contributed by atoms with Crippen LogP contribution in [0.25, 0.3) is 0 Å². The van der Waals surface area contributed by atoms with Crippen LogP contribution in [0.4, 0.5) is 0 Å². The molecule has 0 fully saturated rings. The van der Waals surface area contributed by atoms with Crippen LogP contribution < -0.4 is 19.5 Å². The Morgan fingerprint density at radius 1 is 0.867 bits per heavy atom. The van der Waals surface area contributed by atoms with E-state index in [2.05, 4.69) is 5.32 Å². The molecular formula is C20H23Cl2NO7. The second kappa shape index (κ2) is 12.8. The van der Waals surface area contributed by atoms with Crippen molar-refractivity contribution in [3.63, 3.8) is 0 Å². The Labute approximate surface area is 184 Å². The second-order valence-corrected chi connectivity index (χ2v) is 6.64. The van der Waals surface area contributed by atoms with E-state index < -0.39 is 11.9 Å². The number of nitrogens with one attached hydrogen (secondary N) is 1.